The number of aromatic nitrogens is 1. The Kier molecular flexibility index (Phi) is 7.00. The van der Waals surface area contributed by atoms with E-state index in [0.717, 1.165) is 10.2 Å². The zero-order valence-electron chi connectivity index (χ0n) is 12.8. The molecule has 0 aliphatic rings. The van der Waals surface area contributed by atoms with Gasteiger partial charge in [0.25, 0.3) is 0 Å². The summed E-state index contributed by atoms with van der Waals surface area (Å²) in [6.45, 7) is 3.72. The summed E-state index contributed by atoms with van der Waals surface area (Å²) in [5.74, 6) is 0.00746. The van der Waals surface area contributed by atoms with Crippen LogP contribution in [0.4, 0.5) is 10.5 Å². The van der Waals surface area contributed by atoms with Crippen molar-refractivity contribution in [2.45, 2.75) is 13.8 Å². The zero-order chi connectivity index (χ0) is 16.7. The predicted octanol–water partition coefficient (Wildman–Crippen LogP) is 3.12. The van der Waals surface area contributed by atoms with E-state index >= 15 is 0 Å². The lowest BCUT2D eigenvalue weighted by Gasteiger charge is -2.04. The quantitative estimate of drug-likeness (QED) is 0.805. The van der Waals surface area contributed by atoms with Crippen LogP contribution in [0.2, 0.25) is 0 Å². The van der Waals surface area contributed by atoms with Crippen LogP contribution in [0.1, 0.15) is 23.2 Å². The number of nitrogens with zero attached hydrogens (tertiary/aromatic N) is 1. The van der Waals surface area contributed by atoms with E-state index in [1.165, 1.54) is 0 Å². The first kappa shape index (κ1) is 18.1. The number of anilines is 1. The summed E-state index contributed by atoms with van der Waals surface area (Å²) in [7, 11) is 3.75. The van der Waals surface area contributed by atoms with Crippen LogP contribution in [0, 0.1) is 6.92 Å². The second-order valence-electron chi connectivity index (χ2n) is 4.21. The number of halogens is 1. The summed E-state index contributed by atoms with van der Waals surface area (Å²) in [6.07, 6.45) is -0.128. The monoisotopic (exact) mass is 371 g/mol. The molecular weight excluding hydrogens is 354 g/mol. The third-order valence-electron chi connectivity index (χ3n) is 2.45. The Morgan fingerprint density at radius 2 is 2.14 bits per heavy atom. The van der Waals surface area contributed by atoms with Gasteiger partial charge < -0.3 is 14.5 Å². The maximum Gasteiger partial charge on any atom is 0.411 e. The molecule has 8 heteroatoms. The predicted molar refractivity (Wildman–Crippen MR) is 87.5 cm³/mol. The minimum atomic E-state index is -0.648. The first-order chi connectivity index (χ1) is 10.5. The summed E-state index contributed by atoms with van der Waals surface area (Å²) >= 11 is 3.34. The lowest BCUT2D eigenvalue weighted by atomic mass is 10.2. The average Bonchev–Trinajstić information content (AvgIpc) is 2.78. The molecule has 1 amide bonds. The van der Waals surface area contributed by atoms with E-state index in [9.17, 15) is 9.59 Å². The maximum absolute atomic E-state index is 11.5. The highest BCUT2D eigenvalue weighted by molar-refractivity contribution is 9.10. The average molecular weight is 372 g/mol. The second-order valence-corrected chi connectivity index (χ2v) is 5.07. The van der Waals surface area contributed by atoms with Crippen molar-refractivity contribution in [1.82, 2.24) is 10.3 Å². The topological polar surface area (TPSA) is 93.5 Å². The summed E-state index contributed by atoms with van der Waals surface area (Å²) in [5, 5.41) is 5.77. The zero-order valence-corrected chi connectivity index (χ0v) is 14.4. The first-order valence-electron chi connectivity index (χ1n) is 6.55. The second kappa shape index (κ2) is 8.50. The molecule has 0 aliphatic carbocycles. The lowest BCUT2D eigenvalue weighted by Crippen LogP contribution is -2.13. The molecule has 0 fully saturated rings. The highest BCUT2D eigenvalue weighted by Gasteiger charge is 2.18. The van der Waals surface area contributed by atoms with E-state index in [4.69, 9.17) is 9.15 Å². The van der Waals surface area contributed by atoms with Gasteiger partial charge in [0.05, 0.1) is 17.7 Å². The standard InChI is InChI=1S/C12H11BrN2O4.C2H7N/c1-3-18-12(17)15-10-7-4-8(13)6(2)14-11(7)19-9(10)5-16;1-3-2/h4-5H,3H2,1-2H3,(H,15,17);3H,1-2H3. The number of furan rings is 1. The van der Waals surface area contributed by atoms with Crippen LogP contribution >= 0.6 is 15.9 Å². The molecule has 2 aromatic rings. The highest BCUT2D eigenvalue weighted by atomic mass is 79.9. The molecule has 0 aliphatic heterocycles. The Morgan fingerprint density at radius 1 is 1.50 bits per heavy atom. The number of pyridine rings is 1. The van der Waals surface area contributed by atoms with E-state index in [2.05, 4.69) is 31.5 Å². The Balaban J connectivity index is 0.000000745. The van der Waals surface area contributed by atoms with E-state index in [1.54, 1.807) is 19.9 Å². The van der Waals surface area contributed by atoms with Crippen LogP contribution < -0.4 is 10.6 Å². The van der Waals surface area contributed by atoms with Gasteiger partial charge in [-0.2, -0.15) is 0 Å². The number of ether oxygens (including phenoxy) is 1. The fourth-order valence-corrected chi connectivity index (χ4v) is 1.90. The minimum absolute atomic E-state index is 0.00746. The van der Waals surface area contributed by atoms with Crippen LogP contribution in [-0.2, 0) is 4.74 Å². The Hall–Kier alpha value is -1.93. The molecule has 0 atom stereocenters. The van der Waals surface area contributed by atoms with Gasteiger partial charge in [-0.1, -0.05) is 0 Å². The van der Waals surface area contributed by atoms with Crippen molar-refractivity contribution in [2.24, 2.45) is 0 Å². The normalized spacial score (nSPS) is 9.86. The number of rotatable bonds is 3. The van der Waals surface area contributed by atoms with Crippen LogP contribution in [0.15, 0.2) is 15.0 Å². The third kappa shape index (κ3) is 4.28. The van der Waals surface area contributed by atoms with Crippen molar-refractivity contribution in [3.8, 4) is 0 Å². The third-order valence-corrected chi connectivity index (χ3v) is 3.25. The number of amides is 1. The number of nitrogens with one attached hydrogen (secondary N) is 2. The molecule has 0 unspecified atom stereocenters. The molecule has 2 heterocycles. The van der Waals surface area contributed by atoms with Crippen LogP contribution in [-0.4, -0.2) is 38.1 Å². The van der Waals surface area contributed by atoms with Gasteiger partial charge in [0, 0.05) is 4.47 Å². The van der Waals surface area contributed by atoms with Crippen molar-refractivity contribution in [3.63, 3.8) is 0 Å². The fourth-order valence-electron chi connectivity index (χ4n) is 1.58. The number of aldehydes is 1. The maximum atomic E-state index is 11.5. The van der Waals surface area contributed by atoms with Crippen molar-refractivity contribution in [1.29, 1.82) is 0 Å². The Bertz CT molecular complexity index is 670. The molecule has 0 spiro atoms. The molecule has 2 rings (SSSR count). The first-order valence-corrected chi connectivity index (χ1v) is 7.34. The van der Waals surface area contributed by atoms with Gasteiger partial charge in [0.2, 0.25) is 5.71 Å². The van der Waals surface area contributed by atoms with Crippen molar-refractivity contribution < 1.29 is 18.7 Å². The van der Waals surface area contributed by atoms with E-state index in [0.29, 0.717) is 11.7 Å². The SMILES string of the molecule is CCOC(=O)Nc1c(C=O)oc2nc(C)c(Br)cc12.CNC. The van der Waals surface area contributed by atoms with Gasteiger partial charge in [0.1, 0.15) is 5.69 Å². The molecule has 22 heavy (non-hydrogen) atoms. The lowest BCUT2D eigenvalue weighted by molar-refractivity contribution is 0.110. The molecule has 0 radical (unpaired) electrons. The number of fused-ring (bicyclic) bond motifs is 1. The van der Waals surface area contributed by atoms with E-state index < -0.39 is 6.09 Å². The smallest absolute Gasteiger partial charge is 0.411 e. The number of aryl methyl sites for hydroxylation is 1. The minimum Gasteiger partial charge on any atom is -0.450 e. The summed E-state index contributed by atoms with van der Waals surface area (Å²) in [4.78, 5) is 26.6. The van der Waals surface area contributed by atoms with Gasteiger partial charge in [-0.25, -0.2) is 9.78 Å². The molecule has 7 nitrogen and oxygen atoms in total. The van der Waals surface area contributed by atoms with Crippen LogP contribution in [0.25, 0.3) is 11.1 Å². The molecule has 0 saturated heterocycles. The number of hydrogen-bond donors (Lipinski definition) is 2. The summed E-state index contributed by atoms with van der Waals surface area (Å²) in [6, 6.07) is 1.73. The van der Waals surface area contributed by atoms with Crippen molar-refractivity contribution in [3.05, 3.63) is 22.0 Å². The molecule has 0 saturated carbocycles. The fraction of sp³-hybridized carbons (Fsp3) is 0.357. The van der Waals surface area contributed by atoms with Crippen molar-refractivity contribution in [2.75, 3.05) is 26.0 Å². The van der Waals surface area contributed by atoms with E-state index in [1.807, 2.05) is 14.1 Å². The highest BCUT2D eigenvalue weighted by Crippen LogP contribution is 2.32. The molecule has 2 N–H and O–H groups in total. The number of carbonyl (C=O) groups is 2. The molecule has 120 valence electrons. The Morgan fingerprint density at radius 3 is 2.68 bits per heavy atom. The van der Waals surface area contributed by atoms with Gasteiger partial charge >= 0.3 is 6.09 Å². The van der Waals surface area contributed by atoms with Gasteiger partial charge in [-0.3, -0.25) is 10.1 Å². The van der Waals surface area contributed by atoms with Gasteiger partial charge in [0.15, 0.2) is 12.0 Å². The number of carbonyl (C=O) groups excluding carboxylic acids is 2. The summed E-state index contributed by atoms with van der Waals surface area (Å²) < 4.78 is 10.8. The van der Waals surface area contributed by atoms with Gasteiger partial charge in [-0.05, 0) is 49.9 Å². The summed E-state index contributed by atoms with van der Waals surface area (Å²) in [5.41, 5.74) is 1.27. The van der Waals surface area contributed by atoms with Gasteiger partial charge in [-0.15, -0.1) is 0 Å². The van der Waals surface area contributed by atoms with Crippen molar-refractivity contribution >= 4 is 45.1 Å². The Labute approximate surface area is 136 Å². The van der Waals surface area contributed by atoms with Crippen LogP contribution in [0.3, 0.4) is 0 Å². The largest absolute Gasteiger partial charge is 0.450 e. The van der Waals surface area contributed by atoms with E-state index in [-0.39, 0.29) is 23.8 Å². The molecule has 0 bridgehead atoms. The van der Waals surface area contributed by atoms with Crippen LogP contribution in [0.5, 0.6) is 0 Å². The molecular formula is C14H18BrN3O4. The number of hydrogen-bond acceptors (Lipinski definition) is 6. The molecule has 0 aromatic carbocycles. The molecule has 2 aromatic heterocycles.